The van der Waals surface area contributed by atoms with Gasteiger partial charge in [-0.2, -0.15) is 0 Å². The van der Waals surface area contributed by atoms with Crippen LogP contribution in [0.1, 0.15) is 40.2 Å². The second kappa shape index (κ2) is 8.35. The van der Waals surface area contributed by atoms with E-state index in [0.29, 0.717) is 11.7 Å². The lowest BCUT2D eigenvalue weighted by Gasteiger charge is -2.28. The first-order chi connectivity index (χ1) is 14.1. The molecule has 2 N–H and O–H groups in total. The van der Waals surface area contributed by atoms with Crippen LogP contribution in [0.15, 0.2) is 66.9 Å². The predicted octanol–water partition coefficient (Wildman–Crippen LogP) is 5.08. The van der Waals surface area contributed by atoms with Gasteiger partial charge in [-0.05, 0) is 66.8 Å². The molecule has 1 atom stereocenters. The number of rotatable bonds is 6. The van der Waals surface area contributed by atoms with Crippen molar-refractivity contribution in [3.8, 4) is 0 Å². The fourth-order valence-electron chi connectivity index (χ4n) is 4.01. The van der Waals surface area contributed by atoms with Gasteiger partial charge in [0.05, 0.1) is 5.56 Å². The zero-order valence-electron chi connectivity index (χ0n) is 16.5. The first kappa shape index (κ1) is 19.0. The molecular weight excluding hydrogens is 362 g/mol. The van der Waals surface area contributed by atoms with Gasteiger partial charge in [0.2, 0.25) is 0 Å². The van der Waals surface area contributed by atoms with Crippen LogP contribution < -0.4 is 10.2 Å². The highest BCUT2D eigenvalue weighted by Crippen LogP contribution is 2.35. The molecule has 4 rings (SSSR count). The Morgan fingerprint density at radius 2 is 1.97 bits per heavy atom. The molecule has 29 heavy (non-hydrogen) atoms. The van der Waals surface area contributed by atoms with Gasteiger partial charge in [0.1, 0.15) is 5.82 Å². The standard InChI is InChI=1S/C24H25N3O2/c1-27(20-8-3-2-4-9-20)21-10-11-22-17(14-21)6-5-7-19(22)16-26-23-15-18(24(28)29)12-13-25-23/h2-4,8-15,19H,5-7,16H2,1H3,(H,25,26)(H,28,29)/t19-/m1/s1. The number of aryl methyl sites for hydroxylation is 1. The maximum Gasteiger partial charge on any atom is 0.335 e. The van der Waals surface area contributed by atoms with Crippen molar-refractivity contribution in [2.75, 3.05) is 23.8 Å². The van der Waals surface area contributed by atoms with Crippen molar-refractivity contribution < 1.29 is 9.90 Å². The Kier molecular flexibility index (Phi) is 5.47. The van der Waals surface area contributed by atoms with Gasteiger partial charge in [0.15, 0.2) is 0 Å². The smallest absolute Gasteiger partial charge is 0.335 e. The second-order valence-corrected chi connectivity index (χ2v) is 7.48. The van der Waals surface area contributed by atoms with Crippen LogP contribution in [-0.4, -0.2) is 29.7 Å². The van der Waals surface area contributed by atoms with E-state index in [9.17, 15) is 4.79 Å². The van der Waals surface area contributed by atoms with Crippen LogP contribution >= 0.6 is 0 Å². The lowest BCUT2D eigenvalue weighted by atomic mass is 9.82. The normalized spacial score (nSPS) is 15.4. The van der Waals surface area contributed by atoms with Crippen LogP contribution in [0.25, 0.3) is 0 Å². The lowest BCUT2D eigenvalue weighted by Crippen LogP contribution is -2.19. The summed E-state index contributed by atoms with van der Waals surface area (Å²) in [5.41, 5.74) is 5.39. The molecule has 1 aliphatic rings. The minimum Gasteiger partial charge on any atom is -0.478 e. The third-order valence-electron chi connectivity index (χ3n) is 5.63. The minimum absolute atomic E-state index is 0.250. The van der Waals surface area contributed by atoms with Crippen LogP contribution in [0, 0.1) is 0 Å². The first-order valence-corrected chi connectivity index (χ1v) is 9.96. The van der Waals surface area contributed by atoms with Gasteiger partial charge in [-0.15, -0.1) is 0 Å². The predicted molar refractivity (Wildman–Crippen MR) is 116 cm³/mol. The molecule has 5 nitrogen and oxygen atoms in total. The summed E-state index contributed by atoms with van der Waals surface area (Å²) in [6, 6.07) is 20.2. The van der Waals surface area contributed by atoms with Crippen LogP contribution in [-0.2, 0) is 6.42 Å². The van der Waals surface area contributed by atoms with E-state index in [1.54, 1.807) is 6.07 Å². The molecule has 3 aromatic rings. The number of aromatic nitrogens is 1. The SMILES string of the molecule is CN(c1ccccc1)c1ccc2c(c1)CCC[C@@H]2CNc1cc(C(=O)O)ccn1. The highest BCUT2D eigenvalue weighted by molar-refractivity contribution is 5.88. The third kappa shape index (κ3) is 4.24. The molecule has 0 saturated carbocycles. The van der Waals surface area contributed by atoms with Crippen molar-refractivity contribution in [2.45, 2.75) is 25.2 Å². The summed E-state index contributed by atoms with van der Waals surface area (Å²) in [6.45, 7) is 0.747. The van der Waals surface area contributed by atoms with Crippen LogP contribution in [0.2, 0.25) is 0 Å². The summed E-state index contributed by atoms with van der Waals surface area (Å²) in [5.74, 6) is 0.0658. The molecule has 0 aliphatic heterocycles. The molecule has 0 amide bonds. The molecule has 1 aliphatic carbocycles. The van der Waals surface area contributed by atoms with Gasteiger partial charge < -0.3 is 15.3 Å². The number of carboxylic acid groups (broad SMARTS) is 1. The van der Waals surface area contributed by atoms with Crippen molar-refractivity contribution in [2.24, 2.45) is 0 Å². The molecule has 148 valence electrons. The van der Waals surface area contributed by atoms with E-state index in [-0.39, 0.29) is 5.56 Å². The van der Waals surface area contributed by atoms with E-state index in [2.05, 4.69) is 64.7 Å². The summed E-state index contributed by atoms with van der Waals surface area (Å²) >= 11 is 0. The van der Waals surface area contributed by atoms with Crippen molar-refractivity contribution in [3.05, 3.63) is 83.6 Å². The number of fused-ring (bicyclic) bond motifs is 1. The molecule has 0 saturated heterocycles. The summed E-state index contributed by atoms with van der Waals surface area (Å²) in [4.78, 5) is 17.6. The van der Waals surface area contributed by atoms with Crippen molar-refractivity contribution in [1.82, 2.24) is 4.98 Å². The number of hydrogen-bond donors (Lipinski definition) is 2. The minimum atomic E-state index is -0.937. The maximum atomic E-state index is 11.2. The number of aromatic carboxylic acids is 1. The number of carbonyl (C=O) groups is 1. The monoisotopic (exact) mass is 387 g/mol. The molecule has 5 heteroatoms. The quantitative estimate of drug-likeness (QED) is 0.617. The summed E-state index contributed by atoms with van der Waals surface area (Å²) in [7, 11) is 2.10. The molecule has 0 spiro atoms. The second-order valence-electron chi connectivity index (χ2n) is 7.48. The zero-order valence-corrected chi connectivity index (χ0v) is 16.5. The number of hydrogen-bond acceptors (Lipinski definition) is 4. The van der Waals surface area contributed by atoms with Gasteiger partial charge in [0.25, 0.3) is 0 Å². The van der Waals surface area contributed by atoms with Crippen molar-refractivity contribution >= 4 is 23.2 Å². The molecule has 0 unspecified atom stereocenters. The number of nitrogens with zero attached hydrogens (tertiary/aromatic N) is 2. The Morgan fingerprint density at radius 1 is 1.14 bits per heavy atom. The van der Waals surface area contributed by atoms with Crippen LogP contribution in [0.3, 0.4) is 0 Å². The molecule has 1 heterocycles. The number of para-hydroxylation sites is 1. The van der Waals surface area contributed by atoms with Gasteiger partial charge in [-0.25, -0.2) is 9.78 Å². The lowest BCUT2D eigenvalue weighted by molar-refractivity contribution is 0.0697. The first-order valence-electron chi connectivity index (χ1n) is 9.96. The zero-order chi connectivity index (χ0) is 20.2. The van der Waals surface area contributed by atoms with E-state index in [4.69, 9.17) is 5.11 Å². The topological polar surface area (TPSA) is 65.5 Å². The van der Waals surface area contributed by atoms with Gasteiger partial charge in [0, 0.05) is 37.1 Å². The molecule has 1 aromatic heterocycles. The van der Waals surface area contributed by atoms with Crippen LogP contribution in [0.5, 0.6) is 0 Å². The van der Waals surface area contributed by atoms with Gasteiger partial charge in [-0.1, -0.05) is 24.3 Å². The van der Waals surface area contributed by atoms with Crippen LogP contribution in [0.4, 0.5) is 17.2 Å². The Bertz CT molecular complexity index is 1000. The Hall–Kier alpha value is -3.34. The maximum absolute atomic E-state index is 11.2. The van der Waals surface area contributed by atoms with Crippen molar-refractivity contribution in [1.29, 1.82) is 0 Å². The molecular formula is C24H25N3O2. The summed E-state index contributed by atoms with van der Waals surface area (Å²) in [6.07, 6.45) is 4.90. The van der Waals surface area contributed by atoms with E-state index >= 15 is 0 Å². The largest absolute Gasteiger partial charge is 0.478 e. The molecule has 2 aromatic carbocycles. The third-order valence-corrected chi connectivity index (χ3v) is 5.63. The van der Waals surface area contributed by atoms with Gasteiger partial charge in [-0.3, -0.25) is 0 Å². The van der Waals surface area contributed by atoms with E-state index in [0.717, 1.165) is 25.8 Å². The number of nitrogens with one attached hydrogen (secondary N) is 1. The average Bonchev–Trinajstić information content (AvgIpc) is 2.77. The molecule has 0 fully saturated rings. The average molecular weight is 387 g/mol. The highest BCUT2D eigenvalue weighted by Gasteiger charge is 2.21. The van der Waals surface area contributed by atoms with Gasteiger partial charge >= 0.3 is 5.97 Å². The number of anilines is 3. The summed E-state index contributed by atoms with van der Waals surface area (Å²) in [5, 5.41) is 12.5. The Balaban J connectivity index is 1.50. The Morgan fingerprint density at radius 3 is 2.76 bits per heavy atom. The fraction of sp³-hybridized carbons (Fsp3) is 0.250. The highest BCUT2D eigenvalue weighted by atomic mass is 16.4. The number of pyridine rings is 1. The summed E-state index contributed by atoms with van der Waals surface area (Å²) < 4.78 is 0. The fourth-order valence-corrected chi connectivity index (χ4v) is 4.01. The van der Waals surface area contributed by atoms with E-state index < -0.39 is 5.97 Å². The number of benzene rings is 2. The molecule has 0 bridgehead atoms. The number of carboxylic acids is 1. The van der Waals surface area contributed by atoms with Crippen molar-refractivity contribution in [3.63, 3.8) is 0 Å². The molecule has 0 radical (unpaired) electrons. The van der Waals surface area contributed by atoms with E-state index in [1.807, 2.05) is 6.07 Å². The Labute approximate surface area is 171 Å². The van der Waals surface area contributed by atoms with E-state index in [1.165, 1.54) is 34.8 Å².